The highest BCUT2D eigenvalue weighted by molar-refractivity contribution is 6.07. The maximum Gasteiger partial charge on any atom is 0.354 e. The lowest BCUT2D eigenvalue weighted by molar-refractivity contribution is 0.0690. The summed E-state index contributed by atoms with van der Waals surface area (Å²) in [6.45, 7) is 0.639. The van der Waals surface area contributed by atoms with E-state index in [1.807, 2.05) is 18.2 Å². The molecule has 0 saturated carbocycles. The summed E-state index contributed by atoms with van der Waals surface area (Å²) >= 11 is 0. The zero-order valence-corrected chi connectivity index (χ0v) is 12.7. The molecule has 0 saturated heterocycles. The number of hydrogen-bond acceptors (Lipinski definition) is 3. The van der Waals surface area contributed by atoms with E-state index in [2.05, 4.69) is 11.1 Å². The number of pyridine rings is 1. The lowest BCUT2D eigenvalue weighted by atomic mass is 10.0. The number of aromatic nitrogens is 1. The number of para-hydroxylation sites is 1. The van der Waals surface area contributed by atoms with Crippen LogP contribution in [0.15, 0.2) is 42.6 Å². The van der Waals surface area contributed by atoms with Crippen molar-refractivity contribution in [1.29, 1.82) is 0 Å². The van der Waals surface area contributed by atoms with Gasteiger partial charge in [0.05, 0.1) is 0 Å². The Morgan fingerprint density at radius 3 is 2.74 bits per heavy atom. The number of fused-ring (bicyclic) bond motifs is 1. The molecule has 0 atom stereocenters. The summed E-state index contributed by atoms with van der Waals surface area (Å²) in [4.78, 5) is 29.5. The van der Waals surface area contributed by atoms with Crippen LogP contribution < -0.4 is 4.90 Å². The summed E-state index contributed by atoms with van der Waals surface area (Å²) in [5.74, 6) is -1.31. The fourth-order valence-corrected chi connectivity index (χ4v) is 2.92. The molecule has 0 radical (unpaired) electrons. The number of amides is 1. The van der Waals surface area contributed by atoms with E-state index in [9.17, 15) is 9.59 Å². The number of carbonyl (C=O) groups is 2. The van der Waals surface area contributed by atoms with Crippen LogP contribution in [0.4, 0.5) is 5.69 Å². The maximum atomic E-state index is 12.9. The lowest BCUT2D eigenvalue weighted by Gasteiger charge is -2.27. The van der Waals surface area contributed by atoms with Gasteiger partial charge in [-0.3, -0.25) is 4.79 Å². The van der Waals surface area contributed by atoms with Gasteiger partial charge in [-0.15, -0.1) is 0 Å². The molecule has 1 aromatic carbocycles. The van der Waals surface area contributed by atoms with Crippen LogP contribution in [0.3, 0.4) is 0 Å². The van der Waals surface area contributed by atoms with E-state index in [4.69, 9.17) is 5.11 Å². The number of carboxylic acid groups (broad SMARTS) is 1. The standard InChI is InChI=1S/C18H18N2O3/c21-17(14-9-10-19-15(12-14)18(22)23)20-11-5-1-2-6-13-7-3-4-8-16(13)20/h3-4,7-10,12H,1-2,5-6,11H2,(H,22,23). The predicted molar refractivity (Wildman–Crippen MR) is 86.9 cm³/mol. The molecule has 5 heteroatoms. The first-order valence-electron chi connectivity index (χ1n) is 7.76. The molecule has 1 N–H and O–H groups in total. The van der Waals surface area contributed by atoms with E-state index in [-0.39, 0.29) is 11.6 Å². The largest absolute Gasteiger partial charge is 0.477 e. The molecular weight excluding hydrogens is 292 g/mol. The molecule has 0 spiro atoms. The van der Waals surface area contributed by atoms with E-state index in [0.29, 0.717) is 12.1 Å². The molecule has 2 aromatic rings. The van der Waals surface area contributed by atoms with Crippen molar-refractivity contribution in [3.05, 3.63) is 59.4 Å². The molecular formula is C18H18N2O3. The van der Waals surface area contributed by atoms with Crippen molar-refractivity contribution in [3.63, 3.8) is 0 Å². The average Bonchev–Trinajstić information content (AvgIpc) is 2.55. The second kappa shape index (κ2) is 6.60. The van der Waals surface area contributed by atoms with Crippen LogP contribution in [-0.2, 0) is 6.42 Å². The molecule has 0 bridgehead atoms. The Labute approximate surface area is 134 Å². The molecule has 5 nitrogen and oxygen atoms in total. The molecule has 1 amide bonds. The Morgan fingerprint density at radius 2 is 1.91 bits per heavy atom. The van der Waals surface area contributed by atoms with Crippen molar-refractivity contribution in [2.75, 3.05) is 11.4 Å². The SMILES string of the molecule is O=C(O)c1cc(C(=O)N2CCCCCc3ccccc32)ccn1. The van der Waals surface area contributed by atoms with Crippen LogP contribution in [0.1, 0.15) is 45.7 Å². The van der Waals surface area contributed by atoms with Gasteiger partial charge in [-0.05, 0) is 43.0 Å². The van der Waals surface area contributed by atoms with Crippen LogP contribution in [0.2, 0.25) is 0 Å². The second-order valence-electron chi connectivity index (χ2n) is 5.63. The Hall–Kier alpha value is -2.69. The van der Waals surface area contributed by atoms with Gasteiger partial charge < -0.3 is 10.0 Å². The van der Waals surface area contributed by atoms with Gasteiger partial charge in [-0.25, -0.2) is 9.78 Å². The molecule has 0 aliphatic carbocycles. The predicted octanol–water partition coefficient (Wildman–Crippen LogP) is 3.15. The number of carboxylic acids is 1. The third kappa shape index (κ3) is 3.23. The molecule has 118 valence electrons. The Kier molecular flexibility index (Phi) is 4.37. The lowest BCUT2D eigenvalue weighted by Crippen LogP contribution is -2.33. The third-order valence-electron chi connectivity index (χ3n) is 4.08. The van der Waals surface area contributed by atoms with Crippen LogP contribution in [0.25, 0.3) is 0 Å². The third-order valence-corrected chi connectivity index (χ3v) is 4.08. The number of anilines is 1. The highest BCUT2D eigenvalue weighted by Gasteiger charge is 2.22. The number of nitrogens with zero attached hydrogens (tertiary/aromatic N) is 2. The van der Waals surface area contributed by atoms with Crippen molar-refractivity contribution in [2.45, 2.75) is 25.7 Å². The van der Waals surface area contributed by atoms with Gasteiger partial charge >= 0.3 is 5.97 Å². The number of aromatic carboxylic acids is 1. The van der Waals surface area contributed by atoms with Gasteiger partial charge in [0.25, 0.3) is 5.91 Å². The van der Waals surface area contributed by atoms with Gasteiger partial charge in [-0.2, -0.15) is 0 Å². The summed E-state index contributed by atoms with van der Waals surface area (Å²) in [6, 6.07) is 10.8. The van der Waals surface area contributed by atoms with Crippen molar-refractivity contribution in [3.8, 4) is 0 Å². The first-order chi connectivity index (χ1) is 11.2. The number of aryl methyl sites for hydroxylation is 1. The van der Waals surface area contributed by atoms with E-state index in [1.54, 1.807) is 11.0 Å². The topological polar surface area (TPSA) is 70.5 Å². The number of benzene rings is 1. The van der Waals surface area contributed by atoms with Gasteiger partial charge in [0.2, 0.25) is 0 Å². The molecule has 1 aromatic heterocycles. The first-order valence-corrected chi connectivity index (χ1v) is 7.76. The minimum Gasteiger partial charge on any atom is -0.477 e. The number of carbonyl (C=O) groups excluding carboxylic acids is 1. The zero-order valence-electron chi connectivity index (χ0n) is 12.7. The van der Waals surface area contributed by atoms with E-state index < -0.39 is 5.97 Å². The Balaban J connectivity index is 1.98. The molecule has 23 heavy (non-hydrogen) atoms. The van der Waals surface area contributed by atoms with Crippen molar-refractivity contribution in [2.24, 2.45) is 0 Å². The van der Waals surface area contributed by atoms with Crippen molar-refractivity contribution in [1.82, 2.24) is 4.98 Å². The molecule has 0 unspecified atom stereocenters. The average molecular weight is 310 g/mol. The van der Waals surface area contributed by atoms with E-state index in [0.717, 1.165) is 36.9 Å². The summed E-state index contributed by atoms with van der Waals surface area (Å²) in [5, 5.41) is 9.05. The second-order valence-corrected chi connectivity index (χ2v) is 5.63. The minimum atomic E-state index is -1.13. The molecule has 3 rings (SSSR count). The maximum absolute atomic E-state index is 12.9. The highest BCUT2D eigenvalue weighted by Crippen LogP contribution is 2.27. The quantitative estimate of drug-likeness (QED) is 0.925. The summed E-state index contributed by atoms with van der Waals surface area (Å²) < 4.78 is 0. The van der Waals surface area contributed by atoms with Gasteiger partial charge in [0.1, 0.15) is 5.69 Å². The molecule has 2 heterocycles. The Bertz CT molecular complexity index is 743. The molecule has 1 aliphatic rings. The van der Waals surface area contributed by atoms with Gasteiger partial charge in [0, 0.05) is 24.0 Å². The summed E-state index contributed by atoms with van der Waals surface area (Å²) in [6.07, 6.45) is 5.46. The van der Waals surface area contributed by atoms with Crippen molar-refractivity contribution < 1.29 is 14.7 Å². The van der Waals surface area contributed by atoms with E-state index >= 15 is 0 Å². The van der Waals surface area contributed by atoms with Gasteiger partial charge in [0.15, 0.2) is 0 Å². The molecule has 0 fully saturated rings. The van der Waals surface area contributed by atoms with Crippen LogP contribution >= 0.6 is 0 Å². The van der Waals surface area contributed by atoms with Crippen LogP contribution in [0.5, 0.6) is 0 Å². The summed E-state index contributed by atoms with van der Waals surface area (Å²) in [7, 11) is 0. The fourth-order valence-electron chi connectivity index (χ4n) is 2.92. The zero-order chi connectivity index (χ0) is 16.2. The van der Waals surface area contributed by atoms with Gasteiger partial charge in [-0.1, -0.05) is 24.6 Å². The molecule has 1 aliphatic heterocycles. The van der Waals surface area contributed by atoms with Crippen molar-refractivity contribution >= 4 is 17.6 Å². The summed E-state index contributed by atoms with van der Waals surface area (Å²) in [5.41, 5.74) is 2.32. The fraction of sp³-hybridized carbons (Fsp3) is 0.278. The van der Waals surface area contributed by atoms with Crippen LogP contribution in [0, 0.1) is 0 Å². The number of hydrogen-bond donors (Lipinski definition) is 1. The van der Waals surface area contributed by atoms with E-state index in [1.165, 1.54) is 12.3 Å². The highest BCUT2D eigenvalue weighted by atomic mass is 16.4. The first kappa shape index (κ1) is 15.2. The number of rotatable bonds is 2. The monoisotopic (exact) mass is 310 g/mol. The normalized spacial score (nSPS) is 14.5. The smallest absolute Gasteiger partial charge is 0.354 e. The minimum absolute atomic E-state index is 0.115. The van der Waals surface area contributed by atoms with Crippen LogP contribution in [-0.4, -0.2) is 28.5 Å². The Morgan fingerprint density at radius 1 is 1.09 bits per heavy atom.